The number of ether oxygens (including phenoxy) is 1. The van der Waals surface area contributed by atoms with E-state index in [-0.39, 0.29) is 5.91 Å². The van der Waals surface area contributed by atoms with Crippen LogP contribution in [0.5, 0.6) is 5.75 Å². The van der Waals surface area contributed by atoms with Gasteiger partial charge < -0.3 is 15.8 Å². The number of aryl methyl sites for hydroxylation is 2. The fraction of sp³-hybridized carbons (Fsp3) is 0.211. The summed E-state index contributed by atoms with van der Waals surface area (Å²) >= 11 is 0. The highest BCUT2D eigenvalue weighted by Crippen LogP contribution is 2.15. The number of imidazole rings is 1. The zero-order valence-corrected chi connectivity index (χ0v) is 14.8. The lowest BCUT2D eigenvalue weighted by Gasteiger charge is -2.12. The van der Waals surface area contributed by atoms with Gasteiger partial charge in [0, 0.05) is 23.8 Å². The molecule has 0 saturated heterocycles. The third kappa shape index (κ3) is 4.00. The van der Waals surface area contributed by atoms with Gasteiger partial charge in [-0.1, -0.05) is 0 Å². The number of carbonyl (C=O) groups is 1. The molecule has 26 heavy (non-hydrogen) atoms. The molecule has 0 bridgehead atoms. The van der Waals surface area contributed by atoms with Gasteiger partial charge >= 0.3 is 0 Å². The maximum atomic E-state index is 12.6. The number of carbonyl (C=O) groups excluding carboxylic acids is 1. The molecule has 1 aromatic carbocycles. The Morgan fingerprint density at radius 1 is 1.19 bits per heavy atom. The molecule has 2 heterocycles. The van der Waals surface area contributed by atoms with E-state index in [2.05, 4.69) is 15.3 Å². The molecule has 0 spiro atoms. The van der Waals surface area contributed by atoms with Gasteiger partial charge in [0.2, 0.25) is 0 Å². The Kier molecular flexibility index (Phi) is 5.17. The SMILES string of the molecule is Cc1ccc(C(=O)NCCOc2ccc(N)cc2)c(-n2ccnc2C)n1. The van der Waals surface area contributed by atoms with Crippen molar-refractivity contribution in [1.29, 1.82) is 0 Å². The number of amides is 1. The number of pyridine rings is 1. The second-order valence-electron chi connectivity index (χ2n) is 5.84. The van der Waals surface area contributed by atoms with Crippen molar-refractivity contribution >= 4 is 11.6 Å². The van der Waals surface area contributed by atoms with E-state index in [1.807, 2.05) is 19.9 Å². The second-order valence-corrected chi connectivity index (χ2v) is 5.84. The van der Waals surface area contributed by atoms with Gasteiger partial charge in [-0.15, -0.1) is 0 Å². The van der Waals surface area contributed by atoms with Crippen LogP contribution < -0.4 is 15.8 Å². The van der Waals surface area contributed by atoms with Crippen molar-refractivity contribution in [2.24, 2.45) is 0 Å². The first-order chi connectivity index (χ1) is 12.5. The lowest BCUT2D eigenvalue weighted by molar-refractivity contribution is 0.0946. The highest BCUT2D eigenvalue weighted by atomic mass is 16.5. The predicted octanol–water partition coefficient (Wildman–Crippen LogP) is 2.28. The smallest absolute Gasteiger partial charge is 0.255 e. The molecule has 0 aliphatic heterocycles. The molecule has 0 saturated carbocycles. The molecule has 3 aromatic rings. The molecule has 2 aromatic heterocycles. The topological polar surface area (TPSA) is 95.1 Å². The standard InChI is InChI=1S/C19H21N5O2/c1-13-3-8-17(18(23-13)24-11-9-21-14(24)2)19(25)22-10-12-26-16-6-4-15(20)5-7-16/h3-9,11H,10,12,20H2,1-2H3,(H,22,25). The average molecular weight is 351 g/mol. The van der Waals surface area contributed by atoms with Crippen LogP contribution in [0, 0.1) is 13.8 Å². The first kappa shape index (κ1) is 17.5. The maximum Gasteiger partial charge on any atom is 0.255 e. The lowest BCUT2D eigenvalue weighted by atomic mass is 10.2. The Morgan fingerprint density at radius 3 is 2.65 bits per heavy atom. The van der Waals surface area contributed by atoms with Crippen LogP contribution in [0.1, 0.15) is 21.9 Å². The largest absolute Gasteiger partial charge is 0.492 e. The minimum absolute atomic E-state index is 0.207. The summed E-state index contributed by atoms with van der Waals surface area (Å²) in [6.07, 6.45) is 3.47. The fourth-order valence-electron chi connectivity index (χ4n) is 2.50. The van der Waals surface area contributed by atoms with Crippen molar-refractivity contribution in [3.05, 3.63) is 65.9 Å². The highest BCUT2D eigenvalue weighted by Gasteiger charge is 2.15. The molecule has 0 aliphatic carbocycles. The molecule has 0 unspecified atom stereocenters. The summed E-state index contributed by atoms with van der Waals surface area (Å²) in [4.78, 5) is 21.3. The average Bonchev–Trinajstić information content (AvgIpc) is 3.06. The number of hydrogen-bond acceptors (Lipinski definition) is 5. The minimum atomic E-state index is -0.207. The Balaban J connectivity index is 1.65. The van der Waals surface area contributed by atoms with Crippen LogP contribution in [0.25, 0.3) is 5.82 Å². The number of aromatic nitrogens is 3. The normalized spacial score (nSPS) is 10.5. The number of nitrogens with zero attached hydrogens (tertiary/aromatic N) is 3. The molecule has 3 N–H and O–H groups in total. The predicted molar refractivity (Wildman–Crippen MR) is 99.5 cm³/mol. The molecule has 3 rings (SSSR count). The summed E-state index contributed by atoms with van der Waals surface area (Å²) in [6, 6.07) is 10.7. The number of nitrogen functional groups attached to an aromatic ring is 1. The van der Waals surface area contributed by atoms with Crippen LogP contribution in [0.15, 0.2) is 48.8 Å². The van der Waals surface area contributed by atoms with Crippen molar-refractivity contribution in [3.8, 4) is 11.6 Å². The van der Waals surface area contributed by atoms with Crippen LogP contribution in [0.3, 0.4) is 0 Å². The molecule has 0 radical (unpaired) electrons. The molecule has 134 valence electrons. The quantitative estimate of drug-likeness (QED) is 0.525. The summed E-state index contributed by atoms with van der Waals surface area (Å²) in [7, 11) is 0. The van der Waals surface area contributed by atoms with E-state index in [0.29, 0.717) is 36.0 Å². The van der Waals surface area contributed by atoms with Crippen LogP contribution in [-0.4, -0.2) is 33.6 Å². The van der Waals surface area contributed by atoms with Crippen LogP contribution in [-0.2, 0) is 0 Å². The van der Waals surface area contributed by atoms with Crippen molar-refractivity contribution < 1.29 is 9.53 Å². The first-order valence-electron chi connectivity index (χ1n) is 8.29. The molecular weight excluding hydrogens is 330 g/mol. The van der Waals surface area contributed by atoms with Crippen LogP contribution >= 0.6 is 0 Å². The summed E-state index contributed by atoms with van der Waals surface area (Å²) < 4.78 is 7.39. The molecule has 0 aliphatic rings. The first-order valence-corrected chi connectivity index (χ1v) is 8.29. The number of rotatable bonds is 6. The van der Waals surface area contributed by atoms with Gasteiger partial charge in [-0.05, 0) is 50.2 Å². The van der Waals surface area contributed by atoms with Gasteiger partial charge in [-0.3, -0.25) is 9.36 Å². The number of nitrogens with one attached hydrogen (secondary N) is 1. The Labute approximate surface area is 151 Å². The zero-order valence-electron chi connectivity index (χ0n) is 14.8. The summed E-state index contributed by atoms with van der Waals surface area (Å²) in [6.45, 7) is 4.48. The molecule has 7 nitrogen and oxygen atoms in total. The molecule has 0 atom stereocenters. The highest BCUT2D eigenvalue weighted by molar-refractivity contribution is 5.97. The van der Waals surface area contributed by atoms with Gasteiger partial charge in [-0.25, -0.2) is 9.97 Å². The minimum Gasteiger partial charge on any atom is -0.492 e. The molecule has 1 amide bonds. The molecule has 0 fully saturated rings. The van der Waals surface area contributed by atoms with Crippen molar-refractivity contribution in [2.45, 2.75) is 13.8 Å². The summed E-state index contributed by atoms with van der Waals surface area (Å²) in [5, 5.41) is 2.86. The van der Waals surface area contributed by atoms with Gasteiger partial charge in [0.05, 0.1) is 12.1 Å². The maximum absolute atomic E-state index is 12.6. The van der Waals surface area contributed by atoms with Crippen LogP contribution in [0.4, 0.5) is 5.69 Å². The number of nitrogens with two attached hydrogens (primary N) is 1. The van der Waals surface area contributed by atoms with Crippen LogP contribution in [0.2, 0.25) is 0 Å². The van der Waals surface area contributed by atoms with E-state index in [1.165, 1.54) is 0 Å². The number of hydrogen-bond donors (Lipinski definition) is 2. The summed E-state index contributed by atoms with van der Waals surface area (Å²) in [5.74, 6) is 1.84. The Morgan fingerprint density at radius 2 is 1.96 bits per heavy atom. The van der Waals surface area contributed by atoms with Crippen molar-refractivity contribution in [2.75, 3.05) is 18.9 Å². The van der Waals surface area contributed by atoms with Crippen molar-refractivity contribution in [3.63, 3.8) is 0 Å². The molecule has 7 heteroatoms. The van der Waals surface area contributed by atoms with E-state index in [4.69, 9.17) is 10.5 Å². The van der Waals surface area contributed by atoms with Crippen molar-refractivity contribution in [1.82, 2.24) is 19.9 Å². The van der Waals surface area contributed by atoms with Gasteiger partial charge in [0.15, 0.2) is 5.82 Å². The van der Waals surface area contributed by atoms with E-state index < -0.39 is 0 Å². The Hall–Kier alpha value is -3.35. The summed E-state index contributed by atoms with van der Waals surface area (Å²) in [5.41, 5.74) is 7.64. The number of benzene rings is 1. The fourth-order valence-corrected chi connectivity index (χ4v) is 2.50. The van der Waals surface area contributed by atoms with E-state index >= 15 is 0 Å². The zero-order chi connectivity index (χ0) is 18.5. The van der Waals surface area contributed by atoms with Gasteiger partial charge in [-0.2, -0.15) is 0 Å². The lowest BCUT2D eigenvalue weighted by Crippen LogP contribution is -2.29. The van der Waals surface area contributed by atoms with E-state index in [0.717, 1.165) is 11.5 Å². The Bertz CT molecular complexity index is 903. The van der Waals surface area contributed by atoms with Gasteiger partial charge in [0.25, 0.3) is 5.91 Å². The molecular formula is C19H21N5O2. The monoisotopic (exact) mass is 351 g/mol. The third-order valence-electron chi connectivity index (χ3n) is 3.85. The van der Waals surface area contributed by atoms with Gasteiger partial charge in [0.1, 0.15) is 18.2 Å². The van der Waals surface area contributed by atoms with E-state index in [9.17, 15) is 4.79 Å². The van der Waals surface area contributed by atoms with E-state index in [1.54, 1.807) is 47.3 Å². The number of anilines is 1. The second kappa shape index (κ2) is 7.69. The third-order valence-corrected chi connectivity index (χ3v) is 3.85.